The van der Waals surface area contributed by atoms with E-state index in [1.807, 2.05) is 31.2 Å². The van der Waals surface area contributed by atoms with Gasteiger partial charge in [-0.15, -0.1) is 0 Å². The number of hydrogen-bond donors (Lipinski definition) is 1. The van der Waals surface area contributed by atoms with Crippen molar-refractivity contribution in [3.05, 3.63) is 29.8 Å². The summed E-state index contributed by atoms with van der Waals surface area (Å²) in [6.07, 6.45) is 3.19. The Morgan fingerprint density at radius 2 is 2.00 bits per heavy atom. The van der Waals surface area contributed by atoms with E-state index in [4.69, 9.17) is 9.47 Å². The second kappa shape index (κ2) is 8.34. The number of nitrogens with zero attached hydrogens (tertiary/aromatic N) is 1. The summed E-state index contributed by atoms with van der Waals surface area (Å²) in [6, 6.07) is 9.68. The van der Waals surface area contributed by atoms with Crippen molar-refractivity contribution in [2.24, 2.45) is 0 Å². The Morgan fingerprint density at radius 3 is 2.67 bits per heavy atom. The van der Waals surface area contributed by atoms with Gasteiger partial charge in [-0.25, -0.2) is 0 Å². The third kappa shape index (κ3) is 4.98. The molecule has 6 nitrogen and oxygen atoms in total. The molecule has 1 N–H and O–H groups in total. The quantitative estimate of drug-likeness (QED) is 0.775. The van der Waals surface area contributed by atoms with E-state index >= 15 is 0 Å². The first-order chi connectivity index (χ1) is 11.5. The number of carbonyl (C=O) groups excluding carboxylic acids is 2. The van der Waals surface area contributed by atoms with E-state index < -0.39 is 17.4 Å². The number of nitriles is 1. The topological polar surface area (TPSA) is 88.4 Å². The van der Waals surface area contributed by atoms with Gasteiger partial charge in [0.2, 0.25) is 0 Å². The fraction of sp³-hybridized carbons (Fsp3) is 0.500. The molecule has 0 unspecified atom stereocenters. The predicted molar refractivity (Wildman–Crippen MR) is 87.2 cm³/mol. The summed E-state index contributed by atoms with van der Waals surface area (Å²) in [5.41, 5.74) is 0.195. The highest BCUT2D eigenvalue weighted by Gasteiger charge is 2.35. The molecule has 1 fully saturated rings. The first-order valence-corrected chi connectivity index (χ1v) is 8.11. The van der Waals surface area contributed by atoms with Crippen molar-refractivity contribution >= 4 is 11.9 Å². The van der Waals surface area contributed by atoms with Crippen LogP contribution in [0.1, 0.15) is 37.7 Å². The smallest absolute Gasteiger partial charge is 0.309 e. The molecule has 128 valence electrons. The monoisotopic (exact) mass is 330 g/mol. The van der Waals surface area contributed by atoms with E-state index in [2.05, 4.69) is 11.4 Å². The third-order valence-electron chi connectivity index (χ3n) is 4.07. The van der Waals surface area contributed by atoms with Gasteiger partial charge in [-0.2, -0.15) is 5.26 Å². The summed E-state index contributed by atoms with van der Waals surface area (Å²) >= 11 is 0. The lowest BCUT2D eigenvalue weighted by atomic mass is 10.00. The molecule has 0 heterocycles. The number of aryl methyl sites for hydroxylation is 1. The molecule has 0 aliphatic heterocycles. The largest absolute Gasteiger partial charge is 0.493 e. The number of ether oxygens (including phenoxy) is 2. The second-order valence-electron chi connectivity index (χ2n) is 5.97. The zero-order valence-electron chi connectivity index (χ0n) is 13.8. The SMILES string of the molecule is Cc1ccccc1OCCC(=O)OCC(=O)NC1(C#N)CCCC1. The number of rotatable bonds is 7. The van der Waals surface area contributed by atoms with Crippen LogP contribution in [-0.4, -0.2) is 30.6 Å². The summed E-state index contributed by atoms with van der Waals surface area (Å²) in [5, 5.41) is 11.9. The molecule has 0 atom stereocenters. The lowest BCUT2D eigenvalue weighted by molar-refractivity contribution is -0.149. The molecule has 0 radical (unpaired) electrons. The van der Waals surface area contributed by atoms with E-state index in [1.165, 1.54) is 0 Å². The molecule has 1 aromatic rings. The van der Waals surface area contributed by atoms with Crippen molar-refractivity contribution in [2.75, 3.05) is 13.2 Å². The Bertz CT molecular complexity index is 630. The van der Waals surface area contributed by atoms with Crippen molar-refractivity contribution in [3.8, 4) is 11.8 Å². The number of carbonyl (C=O) groups is 2. The van der Waals surface area contributed by atoms with Crippen LogP contribution in [0.5, 0.6) is 5.75 Å². The molecule has 1 aliphatic carbocycles. The Balaban J connectivity index is 1.67. The van der Waals surface area contributed by atoms with Crippen LogP contribution in [-0.2, 0) is 14.3 Å². The zero-order valence-corrected chi connectivity index (χ0v) is 13.8. The summed E-state index contributed by atoms with van der Waals surface area (Å²) in [5.74, 6) is -0.219. The molecular weight excluding hydrogens is 308 g/mol. The Kier molecular flexibility index (Phi) is 6.19. The van der Waals surface area contributed by atoms with Crippen LogP contribution in [0, 0.1) is 18.3 Å². The van der Waals surface area contributed by atoms with Gasteiger partial charge >= 0.3 is 5.97 Å². The number of nitrogens with one attached hydrogen (secondary N) is 1. The standard InChI is InChI=1S/C18H22N2O4/c1-14-6-2-3-7-15(14)23-11-8-17(22)24-12-16(21)20-18(13-19)9-4-5-10-18/h2-3,6-7H,4-5,8-12H2,1H3,(H,20,21). The summed E-state index contributed by atoms with van der Waals surface area (Å²) in [4.78, 5) is 23.5. The van der Waals surface area contributed by atoms with Gasteiger partial charge in [-0.05, 0) is 44.2 Å². The number of hydrogen-bond acceptors (Lipinski definition) is 5. The van der Waals surface area contributed by atoms with Gasteiger partial charge in [0, 0.05) is 0 Å². The van der Waals surface area contributed by atoms with Crippen LogP contribution >= 0.6 is 0 Å². The first kappa shape index (κ1) is 17.8. The molecular formula is C18H22N2O4. The van der Waals surface area contributed by atoms with Gasteiger partial charge in [0.05, 0.1) is 19.1 Å². The van der Waals surface area contributed by atoms with Gasteiger partial charge in [-0.3, -0.25) is 9.59 Å². The fourth-order valence-corrected chi connectivity index (χ4v) is 2.73. The van der Waals surface area contributed by atoms with Crippen LogP contribution in [0.3, 0.4) is 0 Å². The van der Waals surface area contributed by atoms with E-state index in [1.54, 1.807) is 0 Å². The summed E-state index contributed by atoms with van der Waals surface area (Å²) < 4.78 is 10.4. The number of esters is 1. The Labute approximate surface area is 141 Å². The van der Waals surface area contributed by atoms with Gasteiger partial charge in [0.15, 0.2) is 6.61 Å². The molecule has 1 saturated carbocycles. The molecule has 2 rings (SSSR count). The first-order valence-electron chi connectivity index (χ1n) is 8.11. The van der Waals surface area contributed by atoms with Crippen LogP contribution in [0.4, 0.5) is 0 Å². The average molecular weight is 330 g/mol. The molecule has 1 aliphatic rings. The minimum absolute atomic E-state index is 0.0605. The van der Waals surface area contributed by atoms with Gasteiger partial charge in [0.1, 0.15) is 11.3 Å². The minimum atomic E-state index is -0.794. The van der Waals surface area contributed by atoms with Crippen LogP contribution in [0.2, 0.25) is 0 Å². The second-order valence-corrected chi connectivity index (χ2v) is 5.97. The van der Waals surface area contributed by atoms with Crippen LogP contribution in [0.15, 0.2) is 24.3 Å². The molecule has 0 spiro atoms. The minimum Gasteiger partial charge on any atom is -0.493 e. The van der Waals surface area contributed by atoms with Crippen molar-refractivity contribution in [3.63, 3.8) is 0 Å². The van der Waals surface area contributed by atoms with Crippen molar-refractivity contribution < 1.29 is 19.1 Å². The number of para-hydroxylation sites is 1. The van der Waals surface area contributed by atoms with E-state index in [0.717, 1.165) is 24.2 Å². The summed E-state index contributed by atoms with van der Waals surface area (Å²) in [7, 11) is 0. The molecule has 1 amide bonds. The molecule has 1 aromatic carbocycles. The van der Waals surface area contributed by atoms with Crippen molar-refractivity contribution in [1.82, 2.24) is 5.32 Å². The molecule has 0 aromatic heterocycles. The summed E-state index contributed by atoms with van der Waals surface area (Å²) in [6.45, 7) is 1.74. The normalized spacial score (nSPS) is 15.3. The van der Waals surface area contributed by atoms with Crippen molar-refractivity contribution in [2.45, 2.75) is 44.6 Å². The van der Waals surface area contributed by atoms with E-state index in [9.17, 15) is 14.9 Å². The third-order valence-corrected chi connectivity index (χ3v) is 4.07. The maximum absolute atomic E-state index is 11.8. The molecule has 24 heavy (non-hydrogen) atoms. The van der Waals surface area contributed by atoms with Crippen LogP contribution < -0.4 is 10.1 Å². The Morgan fingerprint density at radius 1 is 1.29 bits per heavy atom. The van der Waals surface area contributed by atoms with Crippen molar-refractivity contribution in [1.29, 1.82) is 5.26 Å². The molecule has 6 heteroatoms. The maximum atomic E-state index is 11.8. The predicted octanol–water partition coefficient (Wildman–Crippen LogP) is 2.26. The Hall–Kier alpha value is -2.55. The van der Waals surface area contributed by atoms with Crippen LogP contribution in [0.25, 0.3) is 0 Å². The molecule has 0 bridgehead atoms. The van der Waals surface area contributed by atoms with Gasteiger partial charge < -0.3 is 14.8 Å². The maximum Gasteiger partial charge on any atom is 0.309 e. The van der Waals surface area contributed by atoms with Gasteiger partial charge in [-0.1, -0.05) is 18.2 Å². The number of amides is 1. The van der Waals surface area contributed by atoms with Gasteiger partial charge in [0.25, 0.3) is 5.91 Å². The lowest BCUT2D eigenvalue weighted by Crippen LogP contribution is -2.46. The number of benzene rings is 1. The highest BCUT2D eigenvalue weighted by Crippen LogP contribution is 2.28. The average Bonchev–Trinajstić information content (AvgIpc) is 3.04. The van der Waals surface area contributed by atoms with E-state index in [0.29, 0.717) is 12.8 Å². The highest BCUT2D eigenvalue weighted by atomic mass is 16.5. The van der Waals surface area contributed by atoms with E-state index in [-0.39, 0.29) is 19.6 Å². The fourth-order valence-electron chi connectivity index (χ4n) is 2.73. The zero-order chi connectivity index (χ0) is 17.4. The highest BCUT2D eigenvalue weighted by molar-refractivity contribution is 5.81. The lowest BCUT2D eigenvalue weighted by Gasteiger charge is -2.21. The molecule has 0 saturated heterocycles.